The molecule has 1 fully saturated rings. The average molecular weight is 184 g/mol. The maximum Gasteiger partial charge on any atom is 0.136 e. The molecule has 0 aromatic heterocycles. The van der Waals surface area contributed by atoms with E-state index in [1.54, 1.807) is 0 Å². The van der Waals surface area contributed by atoms with Gasteiger partial charge in [-0.05, 0) is 24.7 Å². The first-order chi connectivity index (χ1) is 6.11. The quantitative estimate of drug-likeness (QED) is 0.607. The van der Waals surface area contributed by atoms with Crippen molar-refractivity contribution >= 4 is 5.78 Å². The van der Waals surface area contributed by atoms with Gasteiger partial charge >= 0.3 is 0 Å². The fourth-order valence-electron chi connectivity index (χ4n) is 1.93. The summed E-state index contributed by atoms with van der Waals surface area (Å²) in [4.78, 5) is 11.4. The van der Waals surface area contributed by atoms with E-state index in [4.69, 9.17) is 0 Å². The van der Waals surface area contributed by atoms with Crippen LogP contribution in [0.25, 0.3) is 0 Å². The van der Waals surface area contributed by atoms with Gasteiger partial charge in [-0.25, -0.2) is 0 Å². The largest absolute Gasteiger partial charge is 0.299 e. The third kappa shape index (κ3) is 3.93. The lowest BCUT2D eigenvalue weighted by Gasteiger charge is -2.27. The molecule has 1 rings (SSSR count). The Morgan fingerprint density at radius 1 is 1.23 bits per heavy atom. The lowest BCUT2D eigenvalue weighted by atomic mass is 9.77. The number of carbonyl (C=O) groups is 1. The summed E-state index contributed by atoms with van der Waals surface area (Å²) >= 11 is 0. The normalized spacial score (nSPS) is 28.3. The van der Waals surface area contributed by atoms with Crippen LogP contribution in [0, 0.1) is 17.8 Å². The number of rotatable bonds is 1. The van der Waals surface area contributed by atoms with Crippen molar-refractivity contribution < 1.29 is 4.79 Å². The molecule has 0 aromatic rings. The number of carbonyl (C=O) groups excluding carboxylic acids is 1. The molecule has 1 nitrogen and oxygen atoms in total. The number of Topliss-reactive ketones (excluding diaryl/α,β-unsaturated/α-hetero) is 1. The highest BCUT2D eigenvalue weighted by Gasteiger charge is 2.27. The van der Waals surface area contributed by atoms with Gasteiger partial charge in [-0.1, -0.05) is 34.6 Å². The van der Waals surface area contributed by atoms with Crippen molar-refractivity contribution in [3.8, 4) is 0 Å². The van der Waals surface area contributed by atoms with Crippen LogP contribution < -0.4 is 0 Å². The summed E-state index contributed by atoms with van der Waals surface area (Å²) in [6.45, 7) is 10.5. The molecule has 2 atom stereocenters. The molecule has 78 valence electrons. The minimum atomic E-state index is 0.367. The highest BCUT2D eigenvalue weighted by Crippen LogP contribution is 2.29. The van der Waals surface area contributed by atoms with Crippen molar-refractivity contribution in [3.05, 3.63) is 0 Å². The zero-order chi connectivity index (χ0) is 10.4. The predicted molar refractivity (Wildman–Crippen MR) is 57.7 cm³/mol. The Labute approximate surface area is 82.9 Å². The fourth-order valence-corrected chi connectivity index (χ4v) is 1.93. The van der Waals surface area contributed by atoms with Crippen LogP contribution in [0.1, 0.15) is 53.9 Å². The van der Waals surface area contributed by atoms with E-state index in [1.165, 1.54) is 6.42 Å². The minimum Gasteiger partial charge on any atom is -0.299 e. The third-order valence-electron chi connectivity index (χ3n) is 2.74. The first kappa shape index (κ1) is 12.7. The van der Waals surface area contributed by atoms with Crippen molar-refractivity contribution in [2.24, 2.45) is 17.8 Å². The zero-order valence-electron chi connectivity index (χ0n) is 9.76. The van der Waals surface area contributed by atoms with Gasteiger partial charge < -0.3 is 0 Å². The van der Waals surface area contributed by atoms with Gasteiger partial charge in [-0.2, -0.15) is 0 Å². The van der Waals surface area contributed by atoms with E-state index in [9.17, 15) is 4.79 Å². The third-order valence-corrected chi connectivity index (χ3v) is 2.74. The SMILES string of the molecule is CC.CC1CCC(C(C)C)C(=O)C1. The van der Waals surface area contributed by atoms with E-state index in [0.29, 0.717) is 23.5 Å². The summed E-state index contributed by atoms with van der Waals surface area (Å²) in [5.74, 6) is 2.05. The Kier molecular flexibility index (Phi) is 6.02. The number of hydrogen-bond acceptors (Lipinski definition) is 1. The van der Waals surface area contributed by atoms with E-state index in [-0.39, 0.29) is 0 Å². The molecule has 2 unspecified atom stereocenters. The second-order valence-electron chi connectivity index (χ2n) is 4.20. The average Bonchev–Trinajstić information content (AvgIpc) is 2.07. The monoisotopic (exact) mass is 184 g/mol. The Balaban J connectivity index is 0.000000671. The van der Waals surface area contributed by atoms with E-state index < -0.39 is 0 Å². The van der Waals surface area contributed by atoms with Crippen molar-refractivity contribution in [1.82, 2.24) is 0 Å². The van der Waals surface area contributed by atoms with Gasteiger partial charge in [-0.3, -0.25) is 4.79 Å². The molecule has 1 aliphatic carbocycles. The Bertz CT molecular complexity index is 149. The van der Waals surface area contributed by atoms with Crippen LogP contribution in [0.3, 0.4) is 0 Å². The molecular weight excluding hydrogens is 160 g/mol. The first-order valence-corrected chi connectivity index (χ1v) is 5.64. The lowest BCUT2D eigenvalue weighted by molar-refractivity contribution is -0.127. The number of ketones is 1. The molecule has 0 N–H and O–H groups in total. The van der Waals surface area contributed by atoms with Crippen LogP contribution >= 0.6 is 0 Å². The highest BCUT2D eigenvalue weighted by molar-refractivity contribution is 5.82. The summed E-state index contributed by atoms with van der Waals surface area (Å²) < 4.78 is 0. The molecule has 0 bridgehead atoms. The molecule has 0 heterocycles. The van der Waals surface area contributed by atoms with E-state index in [2.05, 4.69) is 20.8 Å². The molecule has 0 radical (unpaired) electrons. The first-order valence-electron chi connectivity index (χ1n) is 5.64. The highest BCUT2D eigenvalue weighted by atomic mass is 16.1. The number of hydrogen-bond donors (Lipinski definition) is 0. The molecule has 0 saturated heterocycles. The Morgan fingerprint density at radius 3 is 2.15 bits per heavy atom. The molecular formula is C12H24O. The van der Waals surface area contributed by atoms with Crippen molar-refractivity contribution in [1.29, 1.82) is 0 Å². The van der Waals surface area contributed by atoms with Crippen LogP contribution in [-0.2, 0) is 4.79 Å². The van der Waals surface area contributed by atoms with Gasteiger partial charge in [-0.15, -0.1) is 0 Å². The second-order valence-corrected chi connectivity index (χ2v) is 4.20. The summed E-state index contributed by atoms with van der Waals surface area (Å²) in [6, 6.07) is 0. The van der Waals surface area contributed by atoms with Crippen LogP contribution in [0.15, 0.2) is 0 Å². The van der Waals surface area contributed by atoms with Crippen molar-refractivity contribution in [2.45, 2.75) is 53.9 Å². The van der Waals surface area contributed by atoms with Gasteiger partial charge in [0, 0.05) is 12.3 Å². The van der Waals surface area contributed by atoms with Crippen LogP contribution in [0.2, 0.25) is 0 Å². The summed E-state index contributed by atoms with van der Waals surface area (Å²) in [7, 11) is 0. The molecule has 1 heteroatoms. The second kappa shape index (κ2) is 6.17. The Hall–Kier alpha value is -0.330. The van der Waals surface area contributed by atoms with E-state index in [1.807, 2.05) is 13.8 Å². The van der Waals surface area contributed by atoms with Crippen molar-refractivity contribution in [3.63, 3.8) is 0 Å². The van der Waals surface area contributed by atoms with E-state index in [0.717, 1.165) is 12.8 Å². The van der Waals surface area contributed by atoms with Crippen LogP contribution in [0.4, 0.5) is 0 Å². The van der Waals surface area contributed by atoms with Gasteiger partial charge in [0.15, 0.2) is 0 Å². The molecule has 1 saturated carbocycles. The summed E-state index contributed by atoms with van der Waals surface area (Å²) in [5.41, 5.74) is 0. The Morgan fingerprint density at radius 2 is 1.77 bits per heavy atom. The molecule has 1 aliphatic rings. The maximum atomic E-state index is 11.4. The molecule has 0 aliphatic heterocycles. The van der Waals surface area contributed by atoms with Gasteiger partial charge in [0.2, 0.25) is 0 Å². The van der Waals surface area contributed by atoms with Gasteiger partial charge in [0.25, 0.3) is 0 Å². The maximum absolute atomic E-state index is 11.4. The smallest absolute Gasteiger partial charge is 0.136 e. The molecule has 0 aromatic carbocycles. The molecule has 13 heavy (non-hydrogen) atoms. The lowest BCUT2D eigenvalue weighted by Crippen LogP contribution is -2.27. The van der Waals surface area contributed by atoms with Gasteiger partial charge in [0.1, 0.15) is 5.78 Å². The summed E-state index contributed by atoms with van der Waals surface area (Å²) in [5, 5.41) is 0. The van der Waals surface area contributed by atoms with E-state index >= 15 is 0 Å². The summed E-state index contributed by atoms with van der Waals surface area (Å²) in [6.07, 6.45) is 3.19. The minimum absolute atomic E-state index is 0.367. The van der Waals surface area contributed by atoms with Crippen LogP contribution in [0.5, 0.6) is 0 Å². The standard InChI is InChI=1S/C10H18O.C2H6/c1-7(2)9-5-4-8(3)6-10(9)11;1-2/h7-9H,4-6H2,1-3H3;1-2H3. The fraction of sp³-hybridized carbons (Fsp3) is 0.917. The molecule has 0 spiro atoms. The van der Waals surface area contributed by atoms with Gasteiger partial charge in [0.05, 0.1) is 0 Å². The predicted octanol–water partition coefficient (Wildman–Crippen LogP) is 3.67. The van der Waals surface area contributed by atoms with Crippen molar-refractivity contribution in [2.75, 3.05) is 0 Å². The molecule has 0 amide bonds. The topological polar surface area (TPSA) is 17.1 Å². The van der Waals surface area contributed by atoms with Crippen LogP contribution in [-0.4, -0.2) is 5.78 Å². The zero-order valence-corrected chi connectivity index (χ0v) is 9.76.